The van der Waals surface area contributed by atoms with Crippen molar-refractivity contribution < 1.29 is 22.4 Å². The molecule has 0 aromatic carbocycles. The SMILES string of the molecule is O=C(NCCCN1CCOCC1)c1ccc(S(=O)(=O)NCc2ccccn2)o1. The van der Waals surface area contributed by atoms with Crippen LogP contribution in [0.25, 0.3) is 0 Å². The van der Waals surface area contributed by atoms with E-state index in [-0.39, 0.29) is 17.4 Å². The molecule has 0 unspecified atom stereocenters. The average molecular weight is 408 g/mol. The number of hydrogen-bond acceptors (Lipinski definition) is 7. The maximum absolute atomic E-state index is 12.3. The number of morpholine rings is 1. The summed E-state index contributed by atoms with van der Waals surface area (Å²) in [5.74, 6) is -0.474. The Labute approximate surface area is 164 Å². The summed E-state index contributed by atoms with van der Waals surface area (Å²) in [6.45, 7) is 4.68. The molecule has 0 bridgehead atoms. The molecule has 1 amide bonds. The molecule has 10 heteroatoms. The summed E-state index contributed by atoms with van der Waals surface area (Å²) in [5, 5.41) is 2.44. The van der Waals surface area contributed by atoms with Crippen LogP contribution in [0.1, 0.15) is 22.7 Å². The summed E-state index contributed by atoms with van der Waals surface area (Å²) >= 11 is 0. The first-order valence-corrected chi connectivity index (χ1v) is 10.6. The van der Waals surface area contributed by atoms with Gasteiger partial charge in [-0.2, -0.15) is 0 Å². The molecule has 1 saturated heterocycles. The molecule has 1 aliphatic rings. The second-order valence-corrected chi connectivity index (χ2v) is 8.03. The minimum absolute atomic E-state index is 0.0347. The third-order valence-corrected chi connectivity index (χ3v) is 5.55. The molecular weight excluding hydrogens is 384 g/mol. The molecule has 0 spiro atoms. The molecule has 2 aromatic rings. The van der Waals surface area contributed by atoms with Crippen LogP contribution in [0.3, 0.4) is 0 Å². The van der Waals surface area contributed by atoms with Gasteiger partial charge in [0, 0.05) is 25.8 Å². The molecule has 2 N–H and O–H groups in total. The minimum Gasteiger partial charge on any atom is -0.438 e. The van der Waals surface area contributed by atoms with E-state index in [1.54, 1.807) is 24.4 Å². The Kier molecular flexibility index (Phi) is 7.15. The lowest BCUT2D eigenvalue weighted by Gasteiger charge is -2.26. The number of furan rings is 1. The summed E-state index contributed by atoms with van der Waals surface area (Å²) in [6.07, 6.45) is 2.38. The highest BCUT2D eigenvalue weighted by Crippen LogP contribution is 2.14. The molecule has 0 radical (unpaired) electrons. The van der Waals surface area contributed by atoms with Crippen LogP contribution < -0.4 is 10.0 Å². The number of hydrogen-bond donors (Lipinski definition) is 2. The second kappa shape index (κ2) is 9.78. The van der Waals surface area contributed by atoms with Crippen molar-refractivity contribution in [2.24, 2.45) is 0 Å². The van der Waals surface area contributed by atoms with E-state index in [0.717, 1.165) is 39.3 Å². The molecule has 3 heterocycles. The van der Waals surface area contributed by atoms with Crippen LogP contribution in [0.15, 0.2) is 46.0 Å². The Morgan fingerprint density at radius 2 is 2.00 bits per heavy atom. The average Bonchev–Trinajstić information content (AvgIpc) is 3.23. The van der Waals surface area contributed by atoms with Crippen LogP contribution in [0.5, 0.6) is 0 Å². The number of nitrogens with one attached hydrogen (secondary N) is 2. The van der Waals surface area contributed by atoms with Gasteiger partial charge in [-0.1, -0.05) is 6.07 Å². The lowest BCUT2D eigenvalue weighted by molar-refractivity contribution is 0.0374. The van der Waals surface area contributed by atoms with Gasteiger partial charge in [0.05, 0.1) is 25.5 Å². The van der Waals surface area contributed by atoms with Gasteiger partial charge in [0.25, 0.3) is 15.9 Å². The predicted molar refractivity (Wildman–Crippen MR) is 101 cm³/mol. The molecule has 152 valence electrons. The Morgan fingerprint density at radius 3 is 2.75 bits per heavy atom. The lowest BCUT2D eigenvalue weighted by Crippen LogP contribution is -2.38. The van der Waals surface area contributed by atoms with Crippen molar-refractivity contribution in [2.75, 3.05) is 39.4 Å². The third-order valence-electron chi connectivity index (χ3n) is 4.28. The quantitative estimate of drug-likeness (QED) is 0.584. The standard InChI is InChI=1S/C18H24N4O5S/c23-18(20-8-3-9-22-10-12-26-13-11-22)16-5-6-17(27-16)28(24,25)21-14-15-4-1-2-7-19-15/h1-2,4-7,21H,3,8-14H2,(H,20,23). The van der Waals surface area contributed by atoms with Crippen molar-refractivity contribution in [3.8, 4) is 0 Å². The molecular formula is C18H24N4O5S. The Morgan fingerprint density at radius 1 is 1.18 bits per heavy atom. The largest absolute Gasteiger partial charge is 0.438 e. The monoisotopic (exact) mass is 408 g/mol. The van der Waals surface area contributed by atoms with Gasteiger partial charge in [0.15, 0.2) is 5.76 Å². The zero-order valence-electron chi connectivity index (χ0n) is 15.5. The summed E-state index contributed by atoms with van der Waals surface area (Å²) < 4.78 is 37.5. The fourth-order valence-corrected chi connectivity index (χ4v) is 3.67. The number of carbonyl (C=O) groups is 1. The fourth-order valence-electron chi connectivity index (χ4n) is 2.75. The van der Waals surface area contributed by atoms with Crippen LogP contribution >= 0.6 is 0 Å². The fraction of sp³-hybridized carbons (Fsp3) is 0.444. The Hall–Kier alpha value is -2.27. The van der Waals surface area contributed by atoms with Gasteiger partial charge in [-0.3, -0.25) is 14.7 Å². The molecule has 3 rings (SSSR count). The number of pyridine rings is 1. The molecule has 0 aliphatic carbocycles. The number of amides is 1. The number of ether oxygens (including phenoxy) is 1. The van der Waals surface area contributed by atoms with Crippen molar-refractivity contribution in [1.29, 1.82) is 0 Å². The van der Waals surface area contributed by atoms with E-state index < -0.39 is 15.9 Å². The molecule has 1 aliphatic heterocycles. The van der Waals surface area contributed by atoms with Crippen LogP contribution in [-0.4, -0.2) is 63.6 Å². The third kappa shape index (κ3) is 5.86. The predicted octanol–water partition coefficient (Wildman–Crippen LogP) is 0.605. The van der Waals surface area contributed by atoms with Crippen LogP contribution in [-0.2, 0) is 21.3 Å². The summed E-state index contributed by atoms with van der Waals surface area (Å²) in [5.41, 5.74) is 0.580. The number of rotatable bonds is 9. The topological polar surface area (TPSA) is 114 Å². The van der Waals surface area contributed by atoms with Gasteiger partial charge in [-0.05, 0) is 37.2 Å². The lowest BCUT2D eigenvalue weighted by atomic mass is 10.3. The molecule has 0 atom stereocenters. The number of carbonyl (C=O) groups excluding carboxylic acids is 1. The number of nitrogens with zero attached hydrogens (tertiary/aromatic N) is 2. The summed E-state index contributed by atoms with van der Waals surface area (Å²) in [7, 11) is -3.87. The van der Waals surface area contributed by atoms with Crippen molar-refractivity contribution in [3.05, 3.63) is 48.0 Å². The van der Waals surface area contributed by atoms with E-state index in [9.17, 15) is 13.2 Å². The molecule has 9 nitrogen and oxygen atoms in total. The zero-order valence-corrected chi connectivity index (χ0v) is 16.3. The zero-order chi connectivity index (χ0) is 19.8. The van der Waals surface area contributed by atoms with Gasteiger partial charge in [-0.25, -0.2) is 13.1 Å². The van der Waals surface area contributed by atoms with Crippen molar-refractivity contribution >= 4 is 15.9 Å². The van der Waals surface area contributed by atoms with Gasteiger partial charge < -0.3 is 14.5 Å². The van der Waals surface area contributed by atoms with Crippen molar-refractivity contribution in [2.45, 2.75) is 18.1 Å². The Balaban J connectivity index is 1.46. The van der Waals surface area contributed by atoms with Crippen LogP contribution in [0.2, 0.25) is 0 Å². The normalized spacial score (nSPS) is 15.4. The Bertz CT molecular complexity index is 863. The number of sulfonamides is 1. The first-order valence-electron chi connectivity index (χ1n) is 9.12. The smallest absolute Gasteiger partial charge is 0.287 e. The van der Waals surface area contributed by atoms with E-state index in [2.05, 4.69) is 19.9 Å². The number of aromatic nitrogens is 1. The van der Waals surface area contributed by atoms with Crippen molar-refractivity contribution in [1.82, 2.24) is 19.9 Å². The van der Waals surface area contributed by atoms with E-state index in [1.165, 1.54) is 12.1 Å². The van der Waals surface area contributed by atoms with Gasteiger partial charge in [0.2, 0.25) is 5.09 Å². The van der Waals surface area contributed by atoms with E-state index >= 15 is 0 Å². The highest BCUT2D eigenvalue weighted by atomic mass is 32.2. The molecule has 0 saturated carbocycles. The molecule has 28 heavy (non-hydrogen) atoms. The summed E-state index contributed by atoms with van der Waals surface area (Å²) in [4.78, 5) is 18.5. The van der Waals surface area contributed by atoms with Crippen LogP contribution in [0, 0.1) is 0 Å². The maximum atomic E-state index is 12.3. The first-order chi connectivity index (χ1) is 13.5. The minimum atomic E-state index is -3.87. The molecule has 2 aromatic heterocycles. The highest BCUT2D eigenvalue weighted by Gasteiger charge is 2.21. The van der Waals surface area contributed by atoms with E-state index in [1.807, 2.05) is 0 Å². The van der Waals surface area contributed by atoms with Crippen molar-refractivity contribution in [3.63, 3.8) is 0 Å². The van der Waals surface area contributed by atoms with Crippen LogP contribution in [0.4, 0.5) is 0 Å². The molecule has 1 fully saturated rings. The maximum Gasteiger partial charge on any atom is 0.287 e. The second-order valence-electron chi connectivity index (χ2n) is 6.33. The first kappa shape index (κ1) is 20.5. The van der Waals surface area contributed by atoms with E-state index in [4.69, 9.17) is 9.15 Å². The highest BCUT2D eigenvalue weighted by molar-refractivity contribution is 7.89. The summed E-state index contributed by atoms with van der Waals surface area (Å²) in [6, 6.07) is 7.85. The van der Waals surface area contributed by atoms with Gasteiger partial charge in [-0.15, -0.1) is 0 Å². The van der Waals surface area contributed by atoms with Gasteiger partial charge >= 0.3 is 0 Å². The van der Waals surface area contributed by atoms with E-state index in [0.29, 0.717) is 12.2 Å². The van der Waals surface area contributed by atoms with Gasteiger partial charge in [0.1, 0.15) is 0 Å².